The molecule has 3 aliphatic rings. The highest BCUT2D eigenvalue weighted by molar-refractivity contribution is 5.85. The molecule has 35 heavy (non-hydrogen) atoms. The summed E-state index contributed by atoms with van der Waals surface area (Å²) in [4.78, 5) is 36.7. The third kappa shape index (κ3) is 4.51. The number of nitrogens with one attached hydrogen (secondary N) is 2. The van der Waals surface area contributed by atoms with Crippen molar-refractivity contribution < 1.29 is 24.2 Å². The Balaban J connectivity index is 1.13. The Bertz CT molecular complexity index is 1090. The fourth-order valence-electron chi connectivity index (χ4n) is 6.23. The van der Waals surface area contributed by atoms with Crippen molar-refractivity contribution in [2.45, 2.75) is 57.0 Å². The number of hydrogen-bond acceptors (Lipinski definition) is 4. The molecular formula is C28H32N2O5. The number of amides is 2. The maximum Gasteiger partial charge on any atom is 0.407 e. The van der Waals surface area contributed by atoms with Crippen LogP contribution in [0.5, 0.6) is 0 Å². The summed E-state index contributed by atoms with van der Waals surface area (Å²) >= 11 is 0. The van der Waals surface area contributed by atoms with E-state index < -0.39 is 18.1 Å². The van der Waals surface area contributed by atoms with Crippen LogP contribution in [0.1, 0.15) is 56.1 Å². The van der Waals surface area contributed by atoms with Crippen molar-refractivity contribution in [2.75, 3.05) is 6.61 Å². The fraction of sp³-hybridized carbons (Fsp3) is 0.464. The highest BCUT2D eigenvalue weighted by Gasteiger charge is 2.50. The first-order valence-corrected chi connectivity index (χ1v) is 12.6. The van der Waals surface area contributed by atoms with Crippen LogP contribution < -0.4 is 10.6 Å². The minimum Gasteiger partial charge on any atom is -0.480 e. The second-order valence-corrected chi connectivity index (χ2v) is 10.1. The van der Waals surface area contributed by atoms with Crippen LogP contribution in [-0.4, -0.2) is 41.8 Å². The third-order valence-electron chi connectivity index (χ3n) is 8.03. The molecule has 2 unspecified atom stereocenters. The Hall–Kier alpha value is -3.35. The molecule has 184 valence electrons. The minimum absolute atomic E-state index is 0.000590. The number of carbonyl (C=O) groups excluding carboxylic acids is 2. The molecular weight excluding hydrogens is 444 g/mol. The van der Waals surface area contributed by atoms with Crippen molar-refractivity contribution >= 4 is 18.0 Å². The van der Waals surface area contributed by atoms with Crippen LogP contribution in [0.2, 0.25) is 0 Å². The second kappa shape index (κ2) is 9.72. The smallest absolute Gasteiger partial charge is 0.407 e. The molecule has 7 heteroatoms. The van der Waals surface area contributed by atoms with Gasteiger partial charge in [0.2, 0.25) is 5.91 Å². The van der Waals surface area contributed by atoms with Gasteiger partial charge in [-0.15, -0.1) is 0 Å². The molecule has 5 rings (SSSR count). The molecule has 2 fully saturated rings. The number of aliphatic carboxylic acids is 1. The second-order valence-electron chi connectivity index (χ2n) is 10.1. The molecule has 2 aromatic rings. The van der Waals surface area contributed by atoms with E-state index >= 15 is 0 Å². The zero-order chi connectivity index (χ0) is 24.5. The Morgan fingerprint density at radius 2 is 1.66 bits per heavy atom. The third-order valence-corrected chi connectivity index (χ3v) is 8.03. The van der Waals surface area contributed by atoms with Crippen molar-refractivity contribution in [3.05, 3.63) is 59.7 Å². The lowest BCUT2D eigenvalue weighted by atomic mass is 9.71. The highest BCUT2D eigenvalue weighted by Crippen LogP contribution is 2.50. The summed E-state index contributed by atoms with van der Waals surface area (Å²) < 4.78 is 5.68. The van der Waals surface area contributed by atoms with E-state index in [1.165, 1.54) is 22.3 Å². The summed E-state index contributed by atoms with van der Waals surface area (Å²) in [6, 6.07) is 15.7. The van der Waals surface area contributed by atoms with Gasteiger partial charge in [-0.25, -0.2) is 9.59 Å². The molecule has 0 heterocycles. The Kier molecular flexibility index (Phi) is 6.50. The Morgan fingerprint density at radius 3 is 2.29 bits per heavy atom. The first kappa shape index (κ1) is 23.4. The average molecular weight is 477 g/mol. The molecule has 3 N–H and O–H groups in total. The molecule has 7 nitrogen and oxygen atoms in total. The van der Waals surface area contributed by atoms with Gasteiger partial charge in [0.1, 0.15) is 12.6 Å². The van der Waals surface area contributed by atoms with Crippen LogP contribution in [0.3, 0.4) is 0 Å². The van der Waals surface area contributed by atoms with Gasteiger partial charge in [-0.2, -0.15) is 0 Å². The van der Waals surface area contributed by atoms with Gasteiger partial charge in [-0.3, -0.25) is 4.79 Å². The van der Waals surface area contributed by atoms with Crippen LogP contribution >= 0.6 is 0 Å². The van der Waals surface area contributed by atoms with E-state index in [4.69, 9.17) is 4.74 Å². The van der Waals surface area contributed by atoms with Gasteiger partial charge in [0.25, 0.3) is 0 Å². The van der Waals surface area contributed by atoms with Gasteiger partial charge in [0.15, 0.2) is 0 Å². The average Bonchev–Trinajstić information content (AvgIpc) is 3.36. The fourth-order valence-corrected chi connectivity index (χ4v) is 6.23. The molecule has 2 saturated carbocycles. The van der Waals surface area contributed by atoms with Gasteiger partial charge in [-0.1, -0.05) is 61.9 Å². The summed E-state index contributed by atoms with van der Waals surface area (Å²) in [7, 11) is 0. The summed E-state index contributed by atoms with van der Waals surface area (Å²) in [5.74, 6) is -0.721. The van der Waals surface area contributed by atoms with Crippen LogP contribution in [0.15, 0.2) is 48.5 Å². The van der Waals surface area contributed by atoms with E-state index in [9.17, 15) is 19.5 Å². The molecule has 0 spiro atoms. The largest absolute Gasteiger partial charge is 0.480 e. The number of fused-ring (bicyclic) bond motifs is 4. The quantitative estimate of drug-likeness (QED) is 0.527. The topological polar surface area (TPSA) is 105 Å². The predicted molar refractivity (Wildman–Crippen MR) is 131 cm³/mol. The van der Waals surface area contributed by atoms with Crippen molar-refractivity contribution in [2.24, 2.45) is 17.8 Å². The van der Waals surface area contributed by atoms with Gasteiger partial charge >= 0.3 is 12.1 Å². The summed E-state index contributed by atoms with van der Waals surface area (Å²) in [5, 5.41) is 15.0. The van der Waals surface area contributed by atoms with E-state index in [1.54, 1.807) is 0 Å². The SMILES string of the molecule is CCCC(NC(=O)C1C[C@@H]2C[C@H](NC(=O)OCC3c4ccccc4-c4ccccc43)[C@@H]2C1)C(=O)O. The lowest BCUT2D eigenvalue weighted by Gasteiger charge is -2.40. The number of ether oxygens (including phenoxy) is 1. The minimum atomic E-state index is -0.990. The van der Waals surface area contributed by atoms with Crippen molar-refractivity contribution in [1.82, 2.24) is 10.6 Å². The summed E-state index contributed by atoms with van der Waals surface area (Å²) in [6.07, 6.45) is 2.94. The van der Waals surface area contributed by atoms with Crippen LogP contribution in [-0.2, 0) is 14.3 Å². The molecule has 3 aliphatic carbocycles. The van der Waals surface area contributed by atoms with Gasteiger partial charge in [0.05, 0.1) is 0 Å². The number of rotatable bonds is 8. The summed E-state index contributed by atoms with van der Waals surface area (Å²) in [6.45, 7) is 2.18. The monoisotopic (exact) mass is 476 g/mol. The lowest BCUT2D eigenvalue weighted by molar-refractivity contribution is -0.142. The molecule has 2 aromatic carbocycles. The molecule has 2 amide bonds. The number of alkyl carbamates (subject to hydrolysis) is 1. The number of carboxylic acid groups (broad SMARTS) is 1. The molecule has 0 bridgehead atoms. The number of hydrogen-bond donors (Lipinski definition) is 3. The van der Waals surface area contributed by atoms with Crippen LogP contribution in [0.25, 0.3) is 11.1 Å². The molecule has 0 aromatic heterocycles. The molecule has 5 atom stereocenters. The van der Waals surface area contributed by atoms with Crippen LogP contribution in [0.4, 0.5) is 4.79 Å². The van der Waals surface area contributed by atoms with E-state index in [0.717, 1.165) is 12.8 Å². The van der Waals surface area contributed by atoms with Crippen LogP contribution in [0, 0.1) is 17.8 Å². The van der Waals surface area contributed by atoms with Crippen molar-refractivity contribution in [3.8, 4) is 11.1 Å². The van der Waals surface area contributed by atoms with E-state index in [1.807, 2.05) is 31.2 Å². The molecule has 0 saturated heterocycles. The molecule has 0 aliphatic heterocycles. The zero-order valence-electron chi connectivity index (χ0n) is 19.9. The first-order valence-electron chi connectivity index (χ1n) is 12.6. The number of carboxylic acids is 1. The lowest BCUT2D eigenvalue weighted by Crippen LogP contribution is -2.50. The predicted octanol–water partition coefficient (Wildman–Crippen LogP) is 4.31. The highest BCUT2D eigenvalue weighted by atomic mass is 16.5. The normalized spacial score (nSPS) is 24.9. The summed E-state index contributed by atoms with van der Waals surface area (Å²) in [5.41, 5.74) is 4.74. The van der Waals surface area contributed by atoms with Gasteiger partial charge in [-0.05, 0) is 59.8 Å². The standard InChI is InChI=1S/C28H32N2O5/c1-2-7-24(27(32)33)29-26(31)17-12-16-14-25(22(16)13-17)30-28(34)35-15-23-20-10-5-3-8-18(20)19-9-4-6-11-21(19)23/h3-6,8-11,16-17,22-25H,2,7,12-15H2,1H3,(H,29,31)(H,30,34)(H,32,33)/t16-,17?,22-,24?,25+/m1/s1. The zero-order valence-corrected chi connectivity index (χ0v) is 19.9. The van der Waals surface area contributed by atoms with Crippen molar-refractivity contribution in [1.29, 1.82) is 0 Å². The molecule has 0 radical (unpaired) electrons. The van der Waals surface area contributed by atoms with E-state index in [-0.39, 0.29) is 36.3 Å². The number of benzene rings is 2. The first-order chi connectivity index (χ1) is 17.0. The van der Waals surface area contributed by atoms with E-state index in [0.29, 0.717) is 25.2 Å². The maximum atomic E-state index is 12.6. The maximum absolute atomic E-state index is 12.6. The van der Waals surface area contributed by atoms with Gasteiger partial charge in [0, 0.05) is 17.9 Å². The number of carbonyl (C=O) groups is 3. The van der Waals surface area contributed by atoms with Gasteiger partial charge < -0.3 is 20.5 Å². The van der Waals surface area contributed by atoms with Crippen molar-refractivity contribution in [3.63, 3.8) is 0 Å². The van der Waals surface area contributed by atoms with E-state index in [2.05, 4.69) is 34.9 Å². The Labute approximate surface area is 205 Å². The Morgan fingerprint density at radius 1 is 1.00 bits per heavy atom.